The number of aliphatic hydroxyl groups excluding tert-OH is 1. The zero-order valence-electron chi connectivity index (χ0n) is 12.9. The van der Waals surface area contributed by atoms with Crippen molar-refractivity contribution in [3.05, 3.63) is 47.0 Å². The van der Waals surface area contributed by atoms with Crippen molar-refractivity contribution >= 4 is 0 Å². The Balaban J connectivity index is 1.87. The van der Waals surface area contributed by atoms with Crippen LogP contribution in [0.5, 0.6) is 0 Å². The Morgan fingerprint density at radius 2 is 1.96 bits per heavy atom. The molecule has 0 radical (unpaired) electrons. The third-order valence-corrected chi connectivity index (χ3v) is 3.73. The van der Waals surface area contributed by atoms with Crippen LogP contribution in [0.15, 0.2) is 47.0 Å². The molecule has 3 rings (SSSR count). The van der Waals surface area contributed by atoms with E-state index in [0.29, 0.717) is 43.2 Å². The molecule has 2 atom stereocenters. The predicted octanol–water partition coefficient (Wildman–Crippen LogP) is 1.08. The van der Waals surface area contributed by atoms with E-state index in [4.69, 9.17) is 30.4 Å². The molecule has 0 aliphatic carbocycles. The maximum absolute atomic E-state index is 10.3. The molecule has 3 aliphatic rings. The standard InChI is InChI=1S/C16H22N2O5/c17-7-1-5-11-13-10(4-3-9-20-13)14-15(21-11)16(19)23-12(22-14)6-2-8-18/h3-4,9,12,16,19H,1-2,5-8,17-18H2. The van der Waals surface area contributed by atoms with Gasteiger partial charge in [-0.3, -0.25) is 0 Å². The van der Waals surface area contributed by atoms with Crippen molar-refractivity contribution < 1.29 is 24.1 Å². The van der Waals surface area contributed by atoms with E-state index in [-0.39, 0.29) is 5.76 Å². The molecule has 0 aromatic heterocycles. The van der Waals surface area contributed by atoms with Crippen molar-refractivity contribution in [3.63, 3.8) is 0 Å². The Morgan fingerprint density at radius 3 is 2.74 bits per heavy atom. The highest BCUT2D eigenvalue weighted by atomic mass is 16.8. The molecule has 0 aromatic rings. The Labute approximate surface area is 134 Å². The quantitative estimate of drug-likeness (QED) is 0.671. The lowest BCUT2D eigenvalue weighted by atomic mass is 10.0. The minimum absolute atomic E-state index is 0.259. The van der Waals surface area contributed by atoms with Gasteiger partial charge in [0, 0.05) is 12.8 Å². The molecule has 2 unspecified atom stereocenters. The third-order valence-electron chi connectivity index (χ3n) is 3.73. The molecule has 5 N–H and O–H groups in total. The van der Waals surface area contributed by atoms with E-state index in [1.807, 2.05) is 6.08 Å². The summed E-state index contributed by atoms with van der Waals surface area (Å²) in [5, 5.41) is 10.3. The van der Waals surface area contributed by atoms with Crippen LogP contribution in [0.25, 0.3) is 0 Å². The first-order chi connectivity index (χ1) is 11.2. The molecule has 0 saturated carbocycles. The van der Waals surface area contributed by atoms with Crippen molar-refractivity contribution in [2.24, 2.45) is 11.5 Å². The lowest BCUT2D eigenvalue weighted by Crippen LogP contribution is -2.36. The van der Waals surface area contributed by atoms with E-state index in [0.717, 1.165) is 18.4 Å². The van der Waals surface area contributed by atoms with Crippen LogP contribution in [0, 0.1) is 0 Å². The van der Waals surface area contributed by atoms with Gasteiger partial charge in [-0.15, -0.1) is 0 Å². The summed E-state index contributed by atoms with van der Waals surface area (Å²) in [4.78, 5) is 0. The molecule has 0 spiro atoms. The number of rotatable bonds is 6. The molecule has 0 fully saturated rings. The highest BCUT2D eigenvalue weighted by molar-refractivity contribution is 5.50. The SMILES string of the molecule is NCCCC1=C2OC=CC=C2C2=C(O1)C(O)OC(CCCN)O2. The number of allylic oxidation sites excluding steroid dienone is 3. The molecule has 3 heterocycles. The van der Waals surface area contributed by atoms with Crippen LogP contribution >= 0.6 is 0 Å². The van der Waals surface area contributed by atoms with Crippen LogP contribution in [-0.2, 0) is 18.9 Å². The molecule has 7 nitrogen and oxygen atoms in total. The summed E-state index contributed by atoms with van der Waals surface area (Å²) in [6.07, 6.45) is 6.17. The van der Waals surface area contributed by atoms with E-state index >= 15 is 0 Å². The summed E-state index contributed by atoms with van der Waals surface area (Å²) >= 11 is 0. The van der Waals surface area contributed by atoms with Gasteiger partial charge in [0.25, 0.3) is 0 Å². The Hall–Kier alpha value is -1.80. The minimum atomic E-state index is -1.18. The molecule has 0 aromatic carbocycles. The Morgan fingerprint density at radius 1 is 1.13 bits per heavy atom. The van der Waals surface area contributed by atoms with Crippen molar-refractivity contribution in [1.29, 1.82) is 0 Å². The molecule has 0 bridgehead atoms. The average Bonchev–Trinajstić information content (AvgIpc) is 2.58. The second kappa shape index (κ2) is 7.18. The number of hydrogen-bond acceptors (Lipinski definition) is 7. The monoisotopic (exact) mass is 322 g/mol. The average molecular weight is 322 g/mol. The minimum Gasteiger partial charge on any atom is -0.461 e. The molecule has 0 saturated heterocycles. The highest BCUT2D eigenvalue weighted by Crippen LogP contribution is 2.41. The van der Waals surface area contributed by atoms with Crippen molar-refractivity contribution in [2.75, 3.05) is 13.1 Å². The van der Waals surface area contributed by atoms with Gasteiger partial charge in [-0.2, -0.15) is 0 Å². The fourth-order valence-corrected chi connectivity index (χ4v) is 2.62. The summed E-state index contributed by atoms with van der Waals surface area (Å²) in [5.41, 5.74) is 11.8. The molecular formula is C16H22N2O5. The summed E-state index contributed by atoms with van der Waals surface area (Å²) in [6.45, 7) is 1.07. The van der Waals surface area contributed by atoms with E-state index in [1.165, 1.54) is 0 Å². The number of ether oxygens (including phenoxy) is 4. The van der Waals surface area contributed by atoms with Crippen LogP contribution in [-0.4, -0.2) is 30.8 Å². The second-order valence-corrected chi connectivity index (χ2v) is 5.43. The first-order valence-corrected chi connectivity index (χ1v) is 7.84. The summed E-state index contributed by atoms with van der Waals surface area (Å²) in [6, 6.07) is 0. The van der Waals surface area contributed by atoms with Gasteiger partial charge < -0.3 is 35.5 Å². The molecule has 126 valence electrons. The van der Waals surface area contributed by atoms with Gasteiger partial charge in [0.2, 0.25) is 18.3 Å². The van der Waals surface area contributed by atoms with Gasteiger partial charge in [-0.05, 0) is 38.1 Å². The number of aliphatic hydroxyl groups is 1. The van der Waals surface area contributed by atoms with Crippen molar-refractivity contribution in [2.45, 2.75) is 38.3 Å². The first-order valence-electron chi connectivity index (χ1n) is 7.84. The van der Waals surface area contributed by atoms with Crippen molar-refractivity contribution in [1.82, 2.24) is 0 Å². The van der Waals surface area contributed by atoms with Gasteiger partial charge in [0.1, 0.15) is 5.76 Å². The second-order valence-electron chi connectivity index (χ2n) is 5.43. The van der Waals surface area contributed by atoms with Crippen LogP contribution < -0.4 is 11.5 Å². The van der Waals surface area contributed by atoms with Gasteiger partial charge in [0.15, 0.2) is 11.5 Å². The molecule has 23 heavy (non-hydrogen) atoms. The van der Waals surface area contributed by atoms with E-state index in [2.05, 4.69) is 0 Å². The fourth-order valence-electron chi connectivity index (χ4n) is 2.62. The number of fused-ring (bicyclic) bond motifs is 2. The summed E-state index contributed by atoms with van der Waals surface area (Å²) < 4.78 is 22.7. The Kier molecular flexibility index (Phi) is 5.02. The van der Waals surface area contributed by atoms with E-state index in [1.54, 1.807) is 12.3 Å². The van der Waals surface area contributed by atoms with Crippen LogP contribution in [0.2, 0.25) is 0 Å². The molecular weight excluding hydrogens is 300 g/mol. The fraction of sp³-hybridized carbons (Fsp3) is 0.500. The highest BCUT2D eigenvalue weighted by Gasteiger charge is 2.39. The lowest BCUT2D eigenvalue weighted by molar-refractivity contribution is -0.237. The van der Waals surface area contributed by atoms with Gasteiger partial charge in [0.05, 0.1) is 11.8 Å². The van der Waals surface area contributed by atoms with E-state index in [9.17, 15) is 5.11 Å². The van der Waals surface area contributed by atoms with Crippen LogP contribution in [0.1, 0.15) is 25.7 Å². The zero-order chi connectivity index (χ0) is 16.2. The van der Waals surface area contributed by atoms with Gasteiger partial charge in [-0.25, -0.2) is 0 Å². The van der Waals surface area contributed by atoms with Gasteiger partial charge >= 0.3 is 0 Å². The third kappa shape index (κ3) is 3.28. The van der Waals surface area contributed by atoms with Crippen LogP contribution in [0.3, 0.4) is 0 Å². The molecule has 0 amide bonds. The zero-order valence-corrected chi connectivity index (χ0v) is 12.9. The maximum atomic E-state index is 10.3. The number of nitrogens with two attached hydrogens (primary N) is 2. The normalized spacial score (nSPS) is 26.0. The summed E-state index contributed by atoms with van der Waals surface area (Å²) in [5.74, 6) is 1.94. The summed E-state index contributed by atoms with van der Waals surface area (Å²) in [7, 11) is 0. The lowest BCUT2D eigenvalue weighted by Gasteiger charge is -2.36. The van der Waals surface area contributed by atoms with Crippen molar-refractivity contribution in [3.8, 4) is 0 Å². The van der Waals surface area contributed by atoms with Gasteiger partial charge in [-0.1, -0.05) is 0 Å². The number of hydrogen-bond donors (Lipinski definition) is 3. The topological polar surface area (TPSA) is 109 Å². The molecule has 3 aliphatic heterocycles. The largest absolute Gasteiger partial charge is 0.461 e. The maximum Gasteiger partial charge on any atom is 0.222 e. The van der Waals surface area contributed by atoms with Crippen LogP contribution in [0.4, 0.5) is 0 Å². The smallest absolute Gasteiger partial charge is 0.222 e. The molecule has 7 heteroatoms. The van der Waals surface area contributed by atoms with E-state index < -0.39 is 12.6 Å². The predicted molar refractivity (Wildman–Crippen MR) is 82.0 cm³/mol. The Bertz CT molecular complexity index is 579. The first kappa shape index (κ1) is 16.1.